The third-order valence-electron chi connectivity index (χ3n) is 3.73. The van der Waals surface area contributed by atoms with E-state index in [4.69, 9.17) is 0 Å². The second-order valence-corrected chi connectivity index (χ2v) is 5.59. The highest BCUT2D eigenvalue weighted by molar-refractivity contribution is 5.25. The molecule has 0 spiro atoms. The average Bonchev–Trinajstić information content (AvgIpc) is 2.31. The summed E-state index contributed by atoms with van der Waals surface area (Å²) in [6, 6.07) is 0. The van der Waals surface area contributed by atoms with E-state index in [-0.39, 0.29) is 0 Å². The minimum atomic E-state index is -0.625. The Balaban J connectivity index is 1.96. The van der Waals surface area contributed by atoms with Crippen molar-refractivity contribution in [3.8, 4) is 0 Å². The summed E-state index contributed by atoms with van der Waals surface area (Å²) in [5, 5.41) is 21.6. The zero-order valence-electron chi connectivity index (χ0n) is 11.4. The second kappa shape index (κ2) is 5.18. The van der Waals surface area contributed by atoms with E-state index < -0.39 is 5.60 Å². The summed E-state index contributed by atoms with van der Waals surface area (Å²) >= 11 is 0. The number of hydrogen-bond donors (Lipinski definition) is 2. The predicted octanol–water partition coefficient (Wildman–Crippen LogP) is 1.84. The van der Waals surface area contributed by atoms with Crippen LogP contribution in [0.25, 0.3) is 0 Å². The Bertz CT molecular complexity index is 423. The van der Waals surface area contributed by atoms with Crippen LogP contribution in [0.3, 0.4) is 0 Å². The van der Waals surface area contributed by atoms with Crippen molar-refractivity contribution in [2.75, 3.05) is 11.9 Å². The summed E-state index contributed by atoms with van der Waals surface area (Å²) < 4.78 is 0. The monoisotopic (exact) mass is 250 g/mol. The molecule has 2 N–H and O–H groups in total. The first-order valence-corrected chi connectivity index (χ1v) is 6.63. The number of hydrogen-bond acceptors (Lipinski definition) is 5. The number of aryl methyl sites for hydroxylation is 2. The standard InChI is InChI=1S/C13H22N4O/c1-9-5-4-6-13(18,7-9)8-14-12-15-10(2)11(3)16-17-12/h9,18H,4-8H2,1-3H3,(H,14,15,17). The molecule has 5 heteroatoms. The molecule has 0 amide bonds. The fraction of sp³-hybridized carbons (Fsp3) is 0.769. The third-order valence-corrected chi connectivity index (χ3v) is 3.73. The summed E-state index contributed by atoms with van der Waals surface area (Å²) in [6.45, 7) is 6.49. The molecule has 18 heavy (non-hydrogen) atoms. The molecule has 1 aromatic rings. The smallest absolute Gasteiger partial charge is 0.243 e. The van der Waals surface area contributed by atoms with Crippen LogP contribution in [0.2, 0.25) is 0 Å². The zero-order valence-corrected chi connectivity index (χ0v) is 11.4. The van der Waals surface area contributed by atoms with Crippen LogP contribution in [0, 0.1) is 19.8 Å². The Morgan fingerprint density at radius 3 is 2.78 bits per heavy atom. The van der Waals surface area contributed by atoms with Crippen molar-refractivity contribution >= 4 is 5.95 Å². The van der Waals surface area contributed by atoms with Gasteiger partial charge in [-0.3, -0.25) is 0 Å². The highest BCUT2D eigenvalue weighted by atomic mass is 16.3. The molecule has 0 bridgehead atoms. The van der Waals surface area contributed by atoms with Crippen molar-refractivity contribution < 1.29 is 5.11 Å². The Kier molecular flexibility index (Phi) is 3.80. The van der Waals surface area contributed by atoms with Crippen LogP contribution < -0.4 is 5.32 Å². The van der Waals surface area contributed by atoms with Crippen LogP contribution in [0.1, 0.15) is 44.0 Å². The number of nitrogens with zero attached hydrogens (tertiary/aromatic N) is 3. The van der Waals surface area contributed by atoms with Crippen molar-refractivity contribution in [2.24, 2.45) is 5.92 Å². The van der Waals surface area contributed by atoms with Crippen LogP contribution in [-0.2, 0) is 0 Å². The van der Waals surface area contributed by atoms with Crippen molar-refractivity contribution in [2.45, 2.75) is 52.1 Å². The molecule has 0 aliphatic heterocycles. The highest BCUT2D eigenvalue weighted by Gasteiger charge is 2.32. The van der Waals surface area contributed by atoms with E-state index >= 15 is 0 Å². The van der Waals surface area contributed by atoms with Crippen molar-refractivity contribution in [1.82, 2.24) is 15.2 Å². The maximum Gasteiger partial charge on any atom is 0.243 e. The van der Waals surface area contributed by atoms with Crippen molar-refractivity contribution in [3.05, 3.63) is 11.4 Å². The van der Waals surface area contributed by atoms with Gasteiger partial charge in [-0.2, -0.15) is 5.10 Å². The predicted molar refractivity (Wildman–Crippen MR) is 70.4 cm³/mol. The Morgan fingerprint density at radius 2 is 2.11 bits per heavy atom. The van der Waals surface area contributed by atoms with E-state index in [1.807, 2.05) is 13.8 Å². The minimum absolute atomic E-state index is 0.502. The lowest BCUT2D eigenvalue weighted by Gasteiger charge is -2.35. The summed E-state index contributed by atoms with van der Waals surface area (Å²) in [6.07, 6.45) is 4.00. The first-order chi connectivity index (χ1) is 8.48. The first kappa shape index (κ1) is 13.2. The molecule has 2 unspecified atom stereocenters. The zero-order chi connectivity index (χ0) is 13.2. The maximum absolute atomic E-state index is 10.5. The van der Waals surface area contributed by atoms with Gasteiger partial charge in [0, 0.05) is 6.54 Å². The lowest BCUT2D eigenvalue weighted by Crippen LogP contribution is -2.41. The topological polar surface area (TPSA) is 70.9 Å². The number of aromatic nitrogens is 3. The molecular formula is C13H22N4O. The lowest BCUT2D eigenvalue weighted by molar-refractivity contribution is -0.000912. The van der Waals surface area contributed by atoms with Gasteiger partial charge in [0.25, 0.3) is 0 Å². The molecule has 0 saturated heterocycles. The largest absolute Gasteiger partial charge is 0.388 e. The van der Waals surface area contributed by atoms with Gasteiger partial charge in [0.2, 0.25) is 5.95 Å². The van der Waals surface area contributed by atoms with Gasteiger partial charge in [-0.15, -0.1) is 5.10 Å². The van der Waals surface area contributed by atoms with Crippen LogP contribution in [0.5, 0.6) is 0 Å². The van der Waals surface area contributed by atoms with Crippen LogP contribution in [-0.4, -0.2) is 32.4 Å². The molecular weight excluding hydrogens is 228 g/mol. The quantitative estimate of drug-likeness (QED) is 0.856. The molecule has 1 fully saturated rings. The highest BCUT2D eigenvalue weighted by Crippen LogP contribution is 2.32. The Morgan fingerprint density at radius 1 is 1.33 bits per heavy atom. The number of aliphatic hydroxyl groups is 1. The minimum Gasteiger partial charge on any atom is -0.388 e. The van der Waals surface area contributed by atoms with Gasteiger partial charge >= 0.3 is 0 Å². The van der Waals surface area contributed by atoms with Crippen LogP contribution in [0.15, 0.2) is 0 Å². The molecule has 1 saturated carbocycles. The number of rotatable bonds is 3. The molecule has 0 aromatic carbocycles. The fourth-order valence-electron chi connectivity index (χ4n) is 2.57. The third kappa shape index (κ3) is 3.16. The van der Waals surface area contributed by atoms with E-state index in [1.54, 1.807) is 0 Å². The van der Waals surface area contributed by atoms with Gasteiger partial charge in [-0.1, -0.05) is 19.8 Å². The number of anilines is 1. The summed E-state index contributed by atoms with van der Waals surface area (Å²) in [4.78, 5) is 4.31. The Labute approximate surface area is 108 Å². The van der Waals surface area contributed by atoms with Gasteiger partial charge in [-0.25, -0.2) is 4.98 Å². The molecule has 5 nitrogen and oxygen atoms in total. The molecule has 2 rings (SSSR count). The van der Waals surface area contributed by atoms with Gasteiger partial charge < -0.3 is 10.4 Å². The Hall–Kier alpha value is -1.23. The van der Waals surface area contributed by atoms with Crippen molar-refractivity contribution in [3.63, 3.8) is 0 Å². The molecule has 1 aromatic heterocycles. The summed E-state index contributed by atoms with van der Waals surface area (Å²) in [7, 11) is 0. The molecule has 100 valence electrons. The van der Waals surface area contributed by atoms with Gasteiger partial charge in [0.1, 0.15) is 0 Å². The van der Waals surface area contributed by atoms with Crippen molar-refractivity contribution in [1.29, 1.82) is 0 Å². The van der Waals surface area contributed by atoms with E-state index in [0.717, 1.165) is 30.7 Å². The van der Waals surface area contributed by atoms with E-state index in [9.17, 15) is 5.11 Å². The van der Waals surface area contributed by atoms with Gasteiger partial charge in [0.05, 0.1) is 17.0 Å². The molecule has 2 atom stereocenters. The SMILES string of the molecule is Cc1nnc(NCC2(O)CCCC(C)C2)nc1C. The summed E-state index contributed by atoms with van der Waals surface area (Å²) in [5.74, 6) is 1.09. The summed E-state index contributed by atoms with van der Waals surface area (Å²) in [5.41, 5.74) is 1.09. The maximum atomic E-state index is 10.5. The van der Waals surface area contributed by atoms with E-state index in [0.29, 0.717) is 18.4 Å². The van der Waals surface area contributed by atoms with E-state index in [1.165, 1.54) is 6.42 Å². The average molecular weight is 250 g/mol. The second-order valence-electron chi connectivity index (χ2n) is 5.59. The molecule has 1 aliphatic carbocycles. The van der Waals surface area contributed by atoms with Gasteiger partial charge in [0.15, 0.2) is 0 Å². The van der Waals surface area contributed by atoms with Gasteiger partial charge in [-0.05, 0) is 32.6 Å². The molecule has 1 aliphatic rings. The number of nitrogens with one attached hydrogen (secondary N) is 1. The lowest BCUT2D eigenvalue weighted by atomic mass is 9.79. The molecule has 0 radical (unpaired) electrons. The van der Waals surface area contributed by atoms with Crippen LogP contribution in [0.4, 0.5) is 5.95 Å². The fourth-order valence-corrected chi connectivity index (χ4v) is 2.57. The van der Waals surface area contributed by atoms with Crippen LogP contribution >= 0.6 is 0 Å². The first-order valence-electron chi connectivity index (χ1n) is 6.63. The molecule has 1 heterocycles. The van der Waals surface area contributed by atoms with E-state index in [2.05, 4.69) is 27.4 Å². The normalized spacial score (nSPS) is 28.1.